The van der Waals surface area contributed by atoms with E-state index in [1.165, 1.54) is 16.7 Å². The molecule has 0 radical (unpaired) electrons. The predicted octanol–water partition coefficient (Wildman–Crippen LogP) is 5.36. The van der Waals surface area contributed by atoms with Gasteiger partial charge in [0.15, 0.2) is 11.6 Å². The lowest BCUT2D eigenvalue weighted by atomic mass is 10.1. The molecule has 5 nitrogen and oxygen atoms in total. The minimum Gasteiger partial charge on any atom is -0.482 e. The summed E-state index contributed by atoms with van der Waals surface area (Å²) in [6.07, 6.45) is 2.24. The van der Waals surface area contributed by atoms with Crippen LogP contribution in [0, 0.1) is 0 Å². The molecule has 0 bridgehead atoms. The Labute approximate surface area is 178 Å². The SMILES string of the molecule is C[C@@H](Oc1cc(Cl)cnc1N)c1cccc(NC(=O)c2ccc3c(c2)SCC3)c1. The fourth-order valence-electron chi connectivity index (χ4n) is 3.16. The number of fused-ring (bicyclic) bond motifs is 1. The third-order valence-electron chi connectivity index (χ3n) is 4.72. The molecular weight excluding hydrogens is 406 g/mol. The van der Waals surface area contributed by atoms with Crippen LogP contribution < -0.4 is 15.8 Å². The van der Waals surface area contributed by atoms with Gasteiger partial charge in [-0.25, -0.2) is 4.98 Å². The molecule has 1 atom stereocenters. The highest BCUT2D eigenvalue weighted by molar-refractivity contribution is 7.99. The van der Waals surface area contributed by atoms with E-state index in [4.69, 9.17) is 22.1 Å². The maximum absolute atomic E-state index is 12.7. The Kier molecular flexibility index (Phi) is 5.65. The summed E-state index contributed by atoms with van der Waals surface area (Å²) in [5.74, 6) is 1.65. The van der Waals surface area contributed by atoms with Gasteiger partial charge in [0.05, 0.1) is 5.02 Å². The third kappa shape index (κ3) is 4.49. The van der Waals surface area contributed by atoms with Crippen molar-refractivity contribution in [1.82, 2.24) is 4.98 Å². The first-order valence-corrected chi connectivity index (χ1v) is 10.6. The highest BCUT2D eigenvalue weighted by Crippen LogP contribution is 2.32. The molecule has 29 heavy (non-hydrogen) atoms. The molecule has 1 amide bonds. The van der Waals surface area contributed by atoms with E-state index < -0.39 is 0 Å². The molecule has 1 aromatic heterocycles. The average Bonchev–Trinajstić information content (AvgIpc) is 3.18. The van der Waals surface area contributed by atoms with Gasteiger partial charge in [-0.3, -0.25) is 4.79 Å². The maximum atomic E-state index is 12.7. The normalized spacial score (nSPS) is 13.6. The number of anilines is 2. The number of nitrogens with two attached hydrogens (primary N) is 1. The molecule has 1 aliphatic heterocycles. The van der Waals surface area contributed by atoms with Crippen molar-refractivity contribution >= 4 is 40.8 Å². The number of ether oxygens (including phenoxy) is 1. The van der Waals surface area contributed by atoms with Gasteiger partial charge in [-0.2, -0.15) is 0 Å². The van der Waals surface area contributed by atoms with Gasteiger partial charge in [0.1, 0.15) is 6.10 Å². The molecule has 2 aromatic carbocycles. The Balaban J connectivity index is 1.48. The summed E-state index contributed by atoms with van der Waals surface area (Å²) in [5, 5.41) is 3.42. The van der Waals surface area contributed by atoms with Crippen LogP contribution in [0.5, 0.6) is 5.75 Å². The van der Waals surface area contributed by atoms with Crippen molar-refractivity contribution in [2.24, 2.45) is 0 Å². The molecule has 0 unspecified atom stereocenters. The van der Waals surface area contributed by atoms with Crippen LogP contribution in [0.3, 0.4) is 0 Å². The van der Waals surface area contributed by atoms with E-state index in [0.717, 1.165) is 17.7 Å². The topological polar surface area (TPSA) is 77.2 Å². The first-order valence-electron chi connectivity index (χ1n) is 9.24. The van der Waals surface area contributed by atoms with E-state index in [-0.39, 0.29) is 17.8 Å². The highest BCUT2D eigenvalue weighted by atomic mass is 35.5. The fourth-order valence-corrected chi connectivity index (χ4v) is 4.42. The number of aryl methyl sites for hydroxylation is 1. The largest absolute Gasteiger partial charge is 0.482 e. The molecular formula is C22H20ClN3O2S. The van der Waals surface area contributed by atoms with Gasteiger partial charge in [0, 0.05) is 34.2 Å². The van der Waals surface area contributed by atoms with Crippen molar-refractivity contribution in [1.29, 1.82) is 0 Å². The Bertz CT molecular complexity index is 1070. The molecule has 2 heterocycles. The molecule has 0 saturated heterocycles. The first kappa shape index (κ1) is 19.6. The van der Waals surface area contributed by atoms with Crippen LogP contribution >= 0.6 is 23.4 Å². The number of nitrogen functional groups attached to an aromatic ring is 1. The zero-order chi connectivity index (χ0) is 20.4. The van der Waals surface area contributed by atoms with Gasteiger partial charge in [0.25, 0.3) is 5.91 Å². The zero-order valence-electron chi connectivity index (χ0n) is 15.8. The molecule has 7 heteroatoms. The number of pyridine rings is 1. The number of aromatic nitrogens is 1. The number of hydrogen-bond donors (Lipinski definition) is 2. The number of rotatable bonds is 5. The standard InChI is InChI=1S/C22H20ClN3O2S/c1-13(28-19-11-17(23)12-25-21(19)24)15-3-2-4-18(9-15)26-22(27)16-6-5-14-7-8-29-20(14)10-16/h2-6,9-13H,7-8H2,1H3,(H2,24,25)(H,26,27)/t13-/m1/s1. The van der Waals surface area contributed by atoms with Gasteiger partial charge in [-0.1, -0.05) is 29.8 Å². The number of carbonyl (C=O) groups is 1. The Morgan fingerprint density at radius 3 is 3.00 bits per heavy atom. The van der Waals surface area contributed by atoms with E-state index in [2.05, 4.69) is 10.3 Å². The summed E-state index contributed by atoms with van der Waals surface area (Å²) in [6.45, 7) is 1.90. The molecule has 0 saturated carbocycles. The predicted molar refractivity (Wildman–Crippen MR) is 118 cm³/mol. The van der Waals surface area contributed by atoms with Crippen LogP contribution in [-0.4, -0.2) is 16.6 Å². The van der Waals surface area contributed by atoms with E-state index in [1.54, 1.807) is 17.8 Å². The number of thioether (sulfide) groups is 1. The number of nitrogens with one attached hydrogen (secondary N) is 1. The smallest absolute Gasteiger partial charge is 0.255 e. The molecule has 3 N–H and O–H groups in total. The van der Waals surface area contributed by atoms with Crippen molar-refractivity contribution in [3.05, 3.63) is 76.4 Å². The summed E-state index contributed by atoms with van der Waals surface area (Å²) in [5.41, 5.74) is 9.43. The summed E-state index contributed by atoms with van der Waals surface area (Å²) in [4.78, 5) is 17.9. The van der Waals surface area contributed by atoms with Gasteiger partial charge < -0.3 is 15.8 Å². The molecule has 0 aliphatic carbocycles. The number of carbonyl (C=O) groups excluding carboxylic acids is 1. The minimum atomic E-state index is -0.300. The lowest BCUT2D eigenvalue weighted by Gasteiger charge is -2.17. The second kappa shape index (κ2) is 8.35. The molecule has 0 fully saturated rings. The highest BCUT2D eigenvalue weighted by Gasteiger charge is 2.16. The molecule has 0 spiro atoms. The number of amides is 1. The van der Waals surface area contributed by atoms with E-state index in [0.29, 0.717) is 22.0 Å². The lowest BCUT2D eigenvalue weighted by Crippen LogP contribution is -2.13. The van der Waals surface area contributed by atoms with Crippen LogP contribution in [-0.2, 0) is 6.42 Å². The molecule has 1 aliphatic rings. The molecule has 148 valence electrons. The average molecular weight is 426 g/mol. The van der Waals surface area contributed by atoms with Crippen molar-refractivity contribution in [2.75, 3.05) is 16.8 Å². The summed E-state index contributed by atoms with van der Waals surface area (Å²) in [6, 6.07) is 15.1. The van der Waals surface area contributed by atoms with Crippen LogP contribution in [0.15, 0.2) is 59.6 Å². The van der Waals surface area contributed by atoms with Gasteiger partial charge >= 0.3 is 0 Å². The minimum absolute atomic E-state index is 0.130. The number of benzene rings is 2. The quantitative estimate of drug-likeness (QED) is 0.575. The second-order valence-corrected chi connectivity index (χ2v) is 8.37. The second-order valence-electron chi connectivity index (χ2n) is 6.80. The van der Waals surface area contributed by atoms with E-state index >= 15 is 0 Å². The Hall–Kier alpha value is -2.70. The van der Waals surface area contributed by atoms with Gasteiger partial charge in [-0.05, 0) is 48.7 Å². The van der Waals surface area contributed by atoms with Crippen molar-refractivity contribution in [3.8, 4) is 5.75 Å². The number of nitrogens with zero attached hydrogens (tertiary/aromatic N) is 1. The Morgan fingerprint density at radius 1 is 1.28 bits per heavy atom. The number of hydrogen-bond acceptors (Lipinski definition) is 5. The van der Waals surface area contributed by atoms with Crippen molar-refractivity contribution in [2.45, 2.75) is 24.3 Å². The lowest BCUT2D eigenvalue weighted by molar-refractivity contribution is 0.102. The summed E-state index contributed by atoms with van der Waals surface area (Å²) < 4.78 is 5.92. The monoisotopic (exact) mass is 425 g/mol. The van der Waals surface area contributed by atoms with Crippen LogP contribution in [0.2, 0.25) is 5.02 Å². The van der Waals surface area contributed by atoms with Crippen LogP contribution in [0.4, 0.5) is 11.5 Å². The Morgan fingerprint density at radius 2 is 2.14 bits per heavy atom. The van der Waals surface area contributed by atoms with Gasteiger partial charge in [-0.15, -0.1) is 11.8 Å². The maximum Gasteiger partial charge on any atom is 0.255 e. The van der Waals surface area contributed by atoms with E-state index in [1.807, 2.05) is 49.4 Å². The first-order chi connectivity index (χ1) is 14.0. The molecule has 3 aromatic rings. The fraction of sp³-hybridized carbons (Fsp3) is 0.182. The number of halogens is 1. The molecule has 4 rings (SSSR count). The van der Waals surface area contributed by atoms with Crippen molar-refractivity contribution < 1.29 is 9.53 Å². The van der Waals surface area contributed by atoms with Crippen LogP contribution in [0.1, 0.15) is 34.5 Å². The zero-order valence-corrected chi connectivity index (χ0v) is 17.4. The van der Waals surface area contributed by atoms with Crippen LogP contribution in [0.25, 0.3) is 0 Å². The van der Waals surface area contributed by atoms with Crippen molar-refractivity contribution in [3.63, 3.8) is 0 Å². The summed E-state index contributed by atoms with van der Waals surface area (Å²) in [7, 11) is 0. The summed E-state index contributed by atoms with van der Waals surface area (Å²) >= 11 is 7.77. The van der Waals surface area contributed by atoms with E-state index in [9.17, 15) is 4.79 Å². The van der Waals surface area contributed by atoms with Gasteiger partial charge in [0.2, 0.25) is 0 Å². The third-order valence-corrected chi connectivity index (χ3v) is 6.03.